The Morgan fingerprint density at radius 1 is 1.24 bits per heavy atom. The number of hydrogen-bond acceptors (Lipinski definition) is 6. The highest BCUT2D eigenvalue weighted by Crippen LogP contribution is 2.31. The summed E-state index contributed by atoms with van der Waals surface area (Å²) in [6, 6.07) is 0.231. The van der Waals surface area contributed by atoms with Gasteiger partial charge in [-0.25, -0.2) is 15.3 Å². The Morgan fingerprint density at radius 2 is 2.00 bits per heavy atom. The maximum atomic E-state index is 12.1. The maximum Gasteiger partial charge on any atom is 0.267 e. The van der Waals surface area contributed by atoms with Gasteiger partial charge in [0.15, 0.2) is 6.29 Å². The van der Waals surface area contributed by atoms with Crippen LogP contribution in [0.1, 0.15) is 90.9 Å². The Bertz CT molecular complexity index is 760. The summed E-state index contributed by atoms with van der Waals surface area (Å²) in [4.78, 5) is 22.0. The van der Waals surface area contributed by atoms with Crippen molar-refractivity contribution in [2.45, 2.75) is 109 Å². The molecule has 3 aliphatic rings. The summed E-state index contributed by atoms with van der Waals surface area (Å²) in [7, 11) is 0. The lowest BCUT2D eigenvalue weighted by atomic mass is 9.78. The molecule has 190 valence electrons. The molecule has 0 bridgehead atoms. The van der Waals surface area contributed by atoms with Crippen molar-refractivity contribution in [3.8, 4) is 0 Å². The highest BCUT2D eigenvalue weighted by atomic mass is 16.8. The van der Waals surface area contributed by atoms with Crippen LogP contribution in [0.2, 0.25) is 0 Å². The highest BCUT2D eigenvalue weighted by molar-refractivity contribution is 5.90. The van der Waals surface area contributed by atoms with Gasteiger partial charge in [-0.2, -0.15) is 0 Å². The van der Waals surface area contributed by atoms with Gasteiger partial charge in [-0.15, -0.1) is 0 Å². The van der Waals surface area contributed by atoms with E-state index in [2.05, 4.69) is 41.8 Å². The standard InChI is InChI=1S/C27H44N4O3/c1-21(18-27(2,28)19-22-10-4-3-5-11-22)30-24-13-7-6-12-23(20-29-24)15-16-25(32)31-34-26-14-8-9-17-33-26/h12-13,15-16,20-22,26,30H,3-11,14,17-19,28H2,1-2H3,(H,31,32)/b16-15+,23-12+,24-13+,29-20-/t21-,26?,27?/m1/s1. The van der Waals surface area contributed by atoms with Crippen LogP contribution in [-0.2, 0) is 14.4 Å². The Labute approximate surface area is 205 Å². The second-order valence-corrected chi connectivity index (χ2v) is 10.5. The van der Waals surface area contributed by atoms with Crippen LogP contribution >= 0.6 is 0 Å². The Kier molecular flexibility index (Phi) is 10.8. The van der Waals surface area contributed by atoms with Crippen LogP contribution in [0.3, 0.4) is 0 Å². The number of hydroxylamine groups is 1. The molecule has 2 heterocycles. The average molecular weight is 473 g/mol. The lowest BCUT2D eigenvalue weighted by Gasteiger charge is -2.34. The lowest BCUT2D eigenvalue weighted by molar-refractivity contribution is -0.198. The van der Waals surface area contributed by atoms with E-state index < -0.39 is 0 Å². The number of aliphatic imine (C=N–C) groups is 1. The molecule has 0 radical (unpaired) electrons. The molecule has 1 saturated carbocycles. The van der Waals surface area contributed by atoms with Crippen molar-refractivity contribution in [1.29, 1.82) is 0 Å². The number of carbonyl (C=O) groups excluding carboxylic acids is 1. The van der Waals surface area contributed by atoms with Crippen LogP contribution in [-0.4, -0.2) is 36.6 Å². The third-order valence-corrected chi connectivity index (χ3v) is 6.74. The van der Waals surface area contributed by atoms with Gasteiger partial charge in [-0.05, 0) is 76.0 Å². The number of ether oxygens (including phenoxy) is 1. The van der Waals surface area contributed by atoms with Crippen LogP contribution in [0.15, 0.2) is 40.7 Å². The molecule has 2 unspecified atom stereocenters. The maximum absolute atomic E-state index is 12.1. The molecule has 0 spiro atoms. The topological polar surface area (TPSA) is 98.0 Å². The fourth-order valence-corrected chi connectivity index (χ4v) is 5.20. The minimum absolute atomic E-state index is 0.174. The van der Waals surface area contributed by atoms with Gasteiger partial charge in [0.05, 0.1) is 0 Å². The van der Waals surface area contributed by atoms with Crippen LogP contribution in [0.25, 0.3) is 0 Å². The summed E-state index contributed by atoms with van der Waals surface area (Å²) >= 11 is 0. The van der Waals surface area contributed by atoms with Gasteiger partial charge in [-0.3, -0.25) is 4.79 Å². The van der Waals surface area contributed by atoms with E-state index in [1.165, 1.54) is 38.2 Å². The molecular weight excluding hydrogens is 428 g/mol. The number of nitrogens with zero attached hydrogens (tertiary/aromatic N) is 1. The number of nitrogens with two attached hydrogens (primary N) is 1. The van der Waals surface area contributed by atoms with Crippen molar-refractivity contribution in [2.24, 2.45) is 16.6 Å². The van der Waals surface area contributed by atoms with Gasteiger partial charge in [0, 0.05) is 36.9 Å². The van der Waals surface area contributed by atoms with E-state index in [1.807, 2.05) is 0 Å². The van der Waals surface area contributed by atoms with E-state index in [4.69, 9.17) is 15.3 Å². The first-order valence-corrected chi connectivity index (χ1v) is 13.1. The molecule has 1 amide bonds. The molecule has 3 atom stereocenters. The second kappa shape index (κ2) is 13.8. The zero-order valence-electron chi connectivity index (χ0n) is 21.1. The molecule has 0 aromatic heterocycles. The van der Waals surface area contributed by atoms with Crippen LogP contribution < -0.4 is 16.5 Å². The van der Waals surface area contributed by atoms with E-state index in [0.717, 1.165) is 62.3 Å². The molecule has 34 heavy (non-hydrogen) atoms. The van der Waals surface area contributed by atoms with Crippen molar-refractivity contribution in [1.82, 2.24) is 10.8 Å². The third kappa shape index (κ3) is 10.1. The molecule has 2 fully saturated rings. The summed E-state index contributed by atoms with van der Waals surface area (Å²) in [6.07, 6.45) is 22.3. The number of rotatable bonds is 10. The monoisotopic (exact) mass is 472 g/mol. The first kappa shape index (κ1) is 26.6. The van der Waals surface area contributed by atoms with Crippen LogP contribution in [0.5, 0.6) is 0 Å². The van der Waals surface area contributed by atoms with Crippen molar-refractivity contribution < 1.29 is 14.4 Å². The van der Waals surface area contributed by atoms with E-state index in [-0.39, 0.29) is 23.8 Å². The molecule has 0 aromatic rings. The Morgan fingerprint density at radius 3 is 2.76 bits per heavy atom. The quantitative estimate of drug-likeness (QED) is 0.313. The Balaban J connectivity index is 1.44. The predicted octanol–water partition coefficient (Wildman–Crippen LogP) is 4.81. The molecule has 7 heteroatoms. The van der Waals surface area contributed by atoms with Gasteiger partial charge < -0.3 is 15.8 Å². The second-order valence-electron chi connectivity index (χ2n) is 10.5. The first-order valence-electron chi connectivity index (χ1n) is 13.1. The van der Waals surface area contributed by atoms with Crippen molar-refractivity contribution in [3.63, 3.8) is 0 Å². The third-order valence-electron chi connectivity index (χ3n) is 6.74. The lowest BCUT2D eigenvalue weighted by Crippen LogP contribution is -2.44. The molecule has 3 rings (SSSR count). The highest BCUT2D eigenvalue weighted by Gasteiger charge is 2.27. The predicted molar refractivity (Wildman–Crippen MR) is 137 cm³/mol. The number of amides is 1. The van der Waals surface area contributed by atoms with E-state index in [0.29, 0.717) is 6.61 Å². The zero-order valence-corrected chi connectivity index (χ0v) is 21.1. The fourth-order valence-electron chi connectivity index (χ4n) is 5.20. The van der Waals surface area contributed by atoms with Crippen molar-refractivity contribution >= 4 is 12.1 Å². The van der Waals surface area contributed by atoms with Gasteiger partial charge in [0.1, 0.15) is 5.82 Å². The SMILES string of the molecule is C[C@H](CC(C)(N)CC1CCCCC1)NC1=C/CC/C=C(\C=C\C(=O)NOC2CCCCO2)/C=N\1. The molecule has 4 N–H and O–H groups in total. The first-order chi connectivity index (χ1) is 16.4. The molecule has 0 aromatic carbocycles. The van der Waals surface area contributed by atoms with E-state index in [1.54, 1.807) is 12.3 Å². The summed E-state index contributed by atoms with van der Waals surface area (Å²) in [5.41, 5.74) is 9.87. The van der Waals surface area contributed by atoms with Gasteiger partial charge in [0.25, 0.3) is 5.91 Å². The molecular formula is C27H44N4O3. The van der Waals surface area contributed by atoms with E-state index >= 15 is 0 Å². The van der Waals surface area contributed by atoms with Gasteiger partial charge in [0.2, 0.25) is 0 Å². The largest absolute Gasteiger partial charge is 0.368 e. The Hall–Kier alpha value is -1.96. The number of nitrogens with one attached hydrogen (secondary N) is 2. The molecule has 1 saturated heterocycles. The summed E-state index contributed by atoms with van der Waals surface area (Å²) in [5, 5.41) is 3.54. The van der Waals surface area contributed by atoms with Gasteiger partial charge >= 0.3 is 0 Å². The molecule has 7 nitrogen and oxygen atoms in total. The smallest absolute Gasteiger partial charge is 0.267 e. The van der Waals surface area contributed by atoms with Gasteiger partial charge in [-0.1, -0.05) is 38.2 Å². The summed E-state index contributed by atoms with van der Waals surface area (Å²) < 4.78 is 5.45. The summed E-state index contributed by atoms with van der Waals surface area (Å²) in [6.45, 7) is 5.04. The molecule has 1 aliphatic carbocycles. The van der Waals surface area contributed by atoms with Crippen molar-refractivity contribution in [2.75, 3.05) is 6.61 Å². The van der Waals surface area contributed by atoms with Crippen molar-refractivity contribution in [3.05, 3.63) is 35.7 Å². The average Bonchev–Trinajstić information content (AvgIpc) is 2.80. The van der Waals surface area contributed by atoms with E-state index in [9.17, 15) is 4.79 Å². The van der Waals surface area contributed by atoms with Crippen LogP contribution in [0, 0.1) is 5.92 Å². The normalized spacial score (nSPS) is 29.0. The number of carbonyl (C=O) groups is 1. The molecule has 2 aliphatic heterocycles. The van der Waals surface area contributed by atoms with Crippen LogP contribution in [0.4, 0.5) is 0 Å². The zero-order chi connectivity index (χ0) is 24.2. The number of hydrogen-bond donors (Lipinski definition) is 3. The summed E-state index contributed by atoms with van der Waals surface area (Å²) in [5.74, 6) is 1.32. The minimum atomic E-state index is -0.355. The fraction of sp³-hybridized carbons (Fsp3) is 0.704. The number of allylic oxidation sites excluding steroid dienone is 4. The minimum Gasteiger partial charge on any atom is -0.368 e.